The van der Waals surface area contributed by atoms with E-state index in [1.807, 2.05) is 19.2 Å². The van der Waals surface area contributed by atoms with Crippen LogP contribution in [0.4, 0.5) is 0 Å². The SMILES string of the molecule is C[C@H](CN1CCOCC1)NC(=O)/C=C/c1cnc(C(C)(C)C)s1. The Morgan fingerprint density at radius 3 is 2.78 bits per heavy atom. The van der Waals surface area contributed by atoms with Crippen LogP contribution in [0, 0.1) is 0 Å². The van der Waals surface area contributed by atoms with Gasteiger partial charge in [-0.2, -0.15) is 0 Å². The molecule has 6 heteroatoms. The number of amides is 1. The van der Waals surface area contributed by atoms with Crippen LogP contribution >= 0.6 is 11.3 Å². The summed E-state index contributed by atoms with van der Waals surface area (Å²) in [5, 5.41) is 4.09. The highest BCUT2D eigenvalue weighted by Gasteiger charge is 2.17. The number of rotatable bonds is 5. The number of carbonyl (C=O) groups excluding carboxylic acids is 1. The number of ether oxygens (including phenoxy) is 1. The zero-order valence-corrected chi connectivity index (χ0v) is 15.3. The van der Waals surface area contributed by atoms with Crippen molar-refractivity contribution in [2.75, 3.05) is 32.8 Å². The predicted octanol–water partition coefficient (Wildman–Crippen LogP) is 2.29. The molecule has 1 aliphatic rings. The van der Waals surface area contributed by atoms with E-state index in [9.17, 15) is 4.79 Å². The summed E-state index contributed by atoms with van der Waals surface area (Å²) in [6.07, 6.45) is 5.26. The Labute approximate surface area is 142 Å². The molecule has 1 atom stereocenters. The summed E-state index contributed by atoms with van der Waals surface area (Å²) in [6.45, 7) is 12.7. The smallest absolute Gasteiger partial charge is 0.244 e. The highest BCUT2D eigenvalue weighted by molar-refractivity contribution is 7.12. The van der Waals surface area contributed by atoms with E-state index in [2.05, 4.69) is 36.0 Å². The maximum absolute atomic E-state index is 12.0. The van der Waals surface area contributed by atoms with Crippen molar-refractivity contribution in [3.05, 3.63) is 22.2 Å². The molecule has 128 valence electrons. The van der Waals surface area contributed by atoms with Crippen LogP contribution in [-0.2, 0) is 14.9 Å². The van der Waals surface area contributed by atoms with Gasteiger partial charge < -0.3 is 10.1 Å². The van der Waals surface area contributed by atoms with Crippen molar-refractivity contribution in [2.45, 2.75) is 39.2 Å². The van der Waals surface area contributed by atoms with Gasteiger partial charge in [0.1, 0.15) is 0 Å². The second kappa shape index (κ2) is 8.04. The van der Waals surface area contributed by atoms with Gasteiger partial charge in [-0.05, 0) is 13.0 Å². The van der Waals surface area contributed by atoms with E-state index in [1.54, 1.807) is 17.4 Å². The average Bonchev–Trinajstić information content (AvgIpc) is 2.95. The molecule has 1 saturated heterocycles. The largest absolute Gasteiger partial charge is 0.379 e. The van der Waals surface area contributed by atoms with Crippen LogP contribution in [0.25, 0.3) is 6.08 Å². The molecule has 1 aromatic heterocycles. The molecular weight excluding hydrogens is 310 g/mol. The first-order valence-corrected chi connectivity index (χ1v) is 8.91. The number of aromatic nitrogens is 1. The monoisotopic (exact) mass is 337 g/mol. The van der Waals surface area contributed by atoms with Gasteiger partial charge in [0.05, 0.1) is 18.2 Å². The minimum atomic E-state index is -0.0588. The second-order valence-electron chi connectivity index (χ2n) is 6.97. The van der Waals surface area contributed by atoms with Crippen LogP contribution in [0.3, 0.4) is 0 Å². The Morgan fingerprint density at radius 2 is 2.17 bits per heavy atom. The molecule has 0 saturated carbocycles. The average molecular weight is 337 g/mol. The van der Waals surface area contributed by atoms with Gasteiger partial charge in [-0.1, -0.05) is 20.8 Å². The van der Waals surface area contributed by atoms with Crippen molar-refractivity contribution in [3.8, 4) is 0 Å². The lowest BCUT2D eigenvalue weighted by molar-refractivity contribution is -0.117. The number of hydrogen-bond acceptors (Lipinski definition) is 5. The van der Waals surface area contributed by atoms with E-state index in [4.69, 9.17) is 4.74 Å². The Bertz CT molecular complexity index is 542. The molecule has 1 N–H and O–H groups in total. The number of thiazole rings is 1. The van der Waals surface area contributed by atoms with Gasteiger partial charge in [0.25, 0.3) is 0 Å². The summed E-state index contributed by atoms with van der Waals surface area (Å²) in [6, 6.07) is 0.122. The van der Waals surface area contributed by atoms with Crippen molar-refractivity contribution < 1.29 is 9.53 Å². The van der Waals surface area contributed by atoms with E-state index < -0.39 is 0 Å². The Hall–Kier alpha value is -1.24. The molecule has 2 rings (SSSR count). The number of nitrogens with one attached hydrogen (secondary N) is 1. The molecule has 0 radical (unpaired) electrons. The van der Waals surface area contributed by atoms with Gasteiger partial charge in [0.15, 0.2) is 0 Å². The third kappa shape index (κ3) is 6.05. The predicted molar refractivity (Wildman–Crippen MR) is 94.7 cm³/mol. The minimum absolute atomic E-state index is 0.0473. The normalized spacial score (nSPS) is 18.3. The second-order valence-corrected chi connectivity index (χ2v) is 8.04. The van der Waals surface area contributed by atoms with Gasteiger partial charge in [0, 0.05) is 48.2 Å². The number of morpholine rings is 1. The van der Waals surface area contributed by atoms with Crippen molar-refractivity contribution in [1.82, 2.24) is 15.2 Å². The summed E-state index contributed by atoms with van der Waals surface area (Å²) in [4.78, 5) is 19.8. The fraction of sp³-hybridized carbons (Fsp3) is 0.647. The zero-order chi connectivity index (χ0) is 16.9. The van der Waals surface area contributed by atoms with Crippen molar-refractivity contribution in [3.63, 3.8) is 0 Å². The highest BCUT2D eigenvalue weighted by Crippen LogP contribution is 2.27. The van der Waals surface area contributed by atoms with E-state index >= 15 is 0 Å². The number of hydrogen-bond donors (Lipinski definition) is 1. The molecule has 23 heavy (non-hydrogen) atoms. The van der Waals surface area contributed by atoms with Crippen LogP contribution in [-0.4, -0.2) is 54.7 Å². The maximum Gasteiger partial charge on any atom is 0.244 e. The molecule has 1 fully saturated rings. The summed E-state index contributed by atoms with van der Waals surface area (Å²) >= 11 is 1.63. The Balaban J connectivity index is 1.80. The maximum atomic E-state index is 12.0. The standard InChI is InChI=1S/C17H27N3O2S/c1-13(12-20-7-9-22-10-8-20)19-15(21)6-5-14-11-18-16(23-14)17(2,3)4/h5-6,11,13H,7-10,12H2,1-4H3,(H,19,21)/b6-5+/t13-/m1/s1. The molecule has 0 aromatic carbocycles. The van der Waals surface area contributed by atoms with Gasteiger partial charge in [-0.25, -0.2) is 4.98 Å². The molecular formula is C17H27N3O2S. The molecule has 1 aliphatic heterocycles. The lowest BCUT2D eigenvalue weighted by Gasteiger charge is -2.29. The molecule has 5 nitrogen and oxygen atoms in total. The summed E-state index contributed by atoms with van der Waals surface area (Å²) < 4.78 is 5.33. The molecule has 0 bridgehead atoms. The van der Waals surface area contributed by atoms with Crippen LogP contribution in [0.2, 0.25) is 0 Å². The third-order valence-corrected chi connectivity index (χ3v) is 4.98. The van der Waals surface area contributed by atoms with E-state index in [-0.39, 0.29) is 17.4 Å². The first-order chi connectivity index (χ1) is 10.8. The topological polar surface area (TPSA) is 54.5 Å². The van der Waals surface area contributed by atoms with Crippen LogP contribution in [0.1, 0.15) is 37.6 Å². The minimum Gasteiger partial charge on any atom is -0.379 e. The lowest BCUT2D eigenvalue weighted by Crippen LogP contribution is -2.45. The zero-order valence-electron chi connectivity index (χ0n) is 14.5. The lowest BCUT2D eigenvalue weighted by atomic mass is 9.98. The third-order valence-electron chi connectivity index (χ3n) is 3.59. The van der Waals surface area contributed by atoms with Crippen LogP contribution in [0.15, 0.2) is 12.3 Å². The van der Waals surface area contributed by atoms with Gasteiger partial charge in [-0.15, -0.1) is 11.3 Å². The summed E-state index contributed by atoms with van der Waals surface area (Å²) in [5.74, 6) is -0.0588. The van der Waals surface area contributed by atoms with Gasteiger partial charge >= 0.3 is 0 Å². The van der Waals surface area contributed by atoms with Crippen molar-refractivity contribution in [2.24, 2.45) is 0 Å². The molecule has 0 spiro atoms. The molecule has 1 amide bonds. The Morgan fingerprint density at radius 1 is 1.48 bits per heavy atom. The highest BCUT2D eigenvalue weighted by atomic mass is 32.1. The van der Waals surface area contributed by atoms with Crippen LogP contribution < -0.4 is 5.32 Å². The number of carbonyl (C=O) groups is 1. The Kier molecular flexibility index (Phi) is 6.33. The van der Waals surface area contributed by atoms with Crippen LogP contribution in [0.5, 0.6) is 0 Å². The van der Waals surface area contributed by atoms with Gasteiger partial charge in [-0.3, -0.25) is 9.69 Å². The van der Waals surface area contributed by atoms with Crippen molar-refractivity contribution >= 4 is 23.3 Å². The fourth-order valence-electron chi connectivity index (χ4n) is 2.38. The molecule has 2 heterocycles. The van der Waals surface area contributed by atoms with Crippen molar-refractivity contribution in [1.29, 1.82) is 0 Å². The van der Waals surface area contributed by atoms with E-state index in [1.165, 1.54) is 0 Å². The summed E-state index contributed by atoms with van der Waals surface area (Å²) in [5.41, 5.74) is 0.0473. The first-order valence-electron chi connectivity index (χ1n) is 8.09. The molecule has 0 unspecified atom stereocenters. The van der Waals surface area contributed by atoms with Gasteiger partial charge in [0.2, 0.25) is 5.91 Å². The van der Waals surface area contributed by atoms with E-state index in [0.29, 0.717) is 0 Å². The summed E-state index contributed by atoms with van der Waals surface area (Å²) in [7, 11) is 0. The quantitative estimate of drug-likeness (QED) is 0.838. The molecule has 1 aromatic rings. The fourth-order valence-corrected chi connectivity index (χ4v) is 3.25. The first kappa shape index (κ1) is 18.1. The number of nitrogens with zero attached hydrogens (tertiary/aromatic N) is 2. The molecule has 0 aliphatic carbocycles. The van der Waals surface area contributed by atoms with E-state index in [0.717, 1.165) is 42.7 Å².